The second-order valence-corrected chi connectivity index (χ2v) is 10.0. The van der Waals surface area contributed by atoms with Crippen LogP contribution >= 0.6 is 11.8 Å². The SMILES string of the molecule is COc1cccc(C(=O)N2CCN(c3ccc(NC(=O)CSc4nnc(-c5ccccc5C)o4)cc3)CC2)c1. The molecule has 1 aliphatic rings. The minimum Gasteiger partial charge on any atom is -0.497 e. The molecule has 2 heterocycles. The summed E-state index contributed by atoms with van der Waals surface area (Å²) < 4.78 is 11.0. The second kappa shape index (κ2) is 12.0. The van der Waals surface area contributed by atoms with Crippen LogP contribution in [0.5, 0.6) is 5.75 Å². The molecule has 0 atom stereocenters. The zero-order valence-electron chi connectivity index (χ0n) is 21.8. The van der Waals surface area contributed by atoms with E-state index in [4.69, 9.17) is 9.15 Å². The van der Waals surface area contributed by atoms with Crippen LogP contribution in [0, 0.1) is 6.92 Å². The average molecular weight is 544 g/mol. The van der Waals surface area contributed by atoms with Gasteiger partial charge in [-0.1, -0.05) is 36.0 Å². The summed E-state index contributed by atoms with van der Waals surface area (Å²) >= 11 is 1.20. The predicted octanol–water partition coefficient (Wildman–Crippen LogP) is 4.75. The molecule has 0 unspecified atom stereocenters. The van der Waals surface area contributed by atoms with Crippen LogP contribution in [0.15, 0.2) is 82.4 Å². The number of amides is 2. The summed E-state index contributed by atoms with van der Waals surface area (Å²) in [5, 5.41) is 11.4. The fourth-order valence-corrected chi connectivity index (χ4v) is 4.94. The molecule has 1 aliphatic heterocycles. The molecule has 4 aromatic rings. The number of piperazine rings is 1. The van der Waals surface area contributed by atoms with Gasteiger partial charge in [-0.15, -0.1) is 10.2 Å². The fraction of sp³-hybridized carbons (Fsp3) is 0.241. The molecule has 3 aromatic carbocycles. The van der Waals surface area contributed by atoms with E-state index in [-0.39, 0.29) is 17.6 Å². The van der Waals surface area contributed by atoms with E-state index < -0.39 is 0 Å². The van der Waals surface area contributed by atoms with Gasteiger partial charge in [0.05, 0.1) is 12.9 Å². The van der Waals surface area contributed by atoms with Crippen molar-refractivity contribution in [3.8, 4) is 17.2 Å². The average Bonchev–Trinajstić information content (AvgIpc) is 3.45. The molecular weight excluding hydrogens is 514 g/mol. The van der Waals surface area contributed by atoms with Gasteiger partial charge in [-0.25, -0.2) is 0 Å². The Balaban J connectivity index is 1.09. The molecule has 9 nitrogen and oxygen atoms in total. The lowest BCUT2D eigenvalue weighted by molar-refractivity contribution is -0.113. The van der Waals surface area contributed by atoms with Crippen LogP contribution in [-0.2, 0) is 4.79 Å². The van der Waals surface area contributed by atoms with Crippen molar-refractivity contribution in [1.82, 2.24) is 15.1 Å². The smallest absolute Gasteiger partial charge is 0.277 e. The van der Waals surface area contributed by atoms with Crippen LogP contribution in [-0.4, -0.2) is 66.0 Å². The summed E-state index contributed by atoms with van der Waals surface area (Å²) in [5.41, 5.74) is 4.31. The fourth-order valence-electron chi connectivity index (χ4n) is 4.38. The van der Waals surface area contributed by atoms with Gasteiger partial charge in [0.2, 0.25) is 11.8 Å². The number of thioether (sulfide) groups is 1. The summed E-state index contributed by atoms with van der Waals surface area (Å²) in [6.07, 6.45) is 0. The number of ether oxygens (including phenoxy) is 1. The van der Waals surface area contributed by atoms with Crippen LogP contribution in [0.2, 0.25) is 0 Å². The lowest BCUT2D eigenvalue weighted by atomic mass is 10.1. The van der Waals surface area contributed by atoms with Crippen LogP contribution in [0.1, 0.15) is 15.9 Å². The molecule has 1 saturated heterocycles. The first-order valence-corrected chi connectivity index (χ1v) is 13.6. The zero-order valence-corrected chi connectivity index (χ0v) is 22.6. The van der Waals surface area contributed by atoms with Crippen molar-refractivity contribution in [3.63, 3.8) is 0 Å². The third-order valence-corrected chi connectivity index (χ3v) is 7.33. The third-order valence-electron chi connectivity index (χ3n) is 6.51. The highest BCUT2D eigenvalue weighted by molar-refractivity contribution is 7.99. The molecule has 0 saturated carbocycles. The highest BCUT2D eigenvalue weighted by atomic mass is 32.2. The highest BCUT2D eigenvalue weighted by Crippen LogP contribution is 2.26. The van der Waals surface area contributed by atoms with E-state index in [9.17, 15) is 9.59 Å². The van der Waals surface area contributed by atoms with Gasteiger partial charge >= 0.3 is 0 Å². The molecule has 0 aliphatic carbocycles. The van der Waals surface area contributed by atoms with Crippen LogP contribution in [0.25, 0.3) is 11.5 Å². The number of nitrogens with one attached hydrogen (secondary N) is 1. The molecule has 200 valence electrons. The topological polar surface area (TPSA) is 101 Å². The van der Waals surface area contributed by atoms with E-state index in [0.717, 1.165) is 29.9 Å². The standard InChI is InChI=1S/C29H29N5O4S/c1-20-6-3-4-9-25(20)27-31-32-29(38-27)39-19-26(35)30-22-10-12-23(13-11-22)33-14-16-34(17-15-33)28(36)21-7-5-8-24(18-21)37-2/h3-13,18H,14-17,19H2,1-2H3,(H,30,35). The molecule has 1 fully saturated rings. The Hall–Kier alpha value is -4.31. The quantitative estimate of drug-likeness (QED) is 0.318. The first-order valence-electron chi connectivity index (χ1n) is 12.6. The van der Waals surface area contributed by atoms with Crippen LogP contribution in [0.3, 0.4) is 0 Å². The third kappa shape index (κ3) is 6.40. The number of carbonyl (C=O) groups is 2. The number of hydrogen-bond acceptors (Lipinski definition) is 8. The van der Waals surface area contributed by atoms with Gasteiger partial charge in [0.25, 0.3) is 11.1 Å². The van der Waals surface area contributed by atoms with Gasteiger partial charge in [-0.2, -0.15) is 0 Å². The number of benzene rings is 3. The normalized spacial score (nSPS) is 13.3. The number of aryl methyl sites for hydroxylation is 1. The molecule has 0 radical (unpaired) electrons. The first-order chi connectivity index (χ1) is 19.0. The van der Waals surface area contributed by atoms with Crippen molar-refractivity contribution in [3.05, 3.63) is 83.9 Å². The predicted molar refractivity (Wildman–Crippen MR) is 151 cm³/mol. The molecule has 10 heteroatoms. The summed E-state index contributed by atoms with van der Waals surface area (Å²) in [6, 6.07) is 22.7. The van der Waals surface area contributed by atoms with Crippen molar-refractivity contribution in [2.75, 3.05) is 49.3 Å². The summed E-state index contributed by atoms with van der Waals surface area (Å²) in [7, 11) is 1.59. The molecule has 5 rings (SSSR count). The number of methoxy groups -OCH3 is 1. The Morgan fingerprint density at radius 1 is 0.974 bits per heavy atom. The molecule has 1 N–H and O–H groups in total. The molecular formula is C29H29N5O4S. The van der Waals surface area contributed by atoms with E-state index in [1.165, 1.54) is 11.8 Å². The van der Waals surface area contributed by atoms with Gasteiger partial charge in [0.1, 0.15) is 5.75 Å². The molecule has 39 heavy (non-hydrogen) atoms. The highest BCUT2D eigenvalue weighted by Gasteiger charge is 2.23. The van der Waals surface area contributed by atoms with E-state index in [1.807, 2.05) is 78.6 Å². The lowest BCUT2D eigenvalue weighted by Crippen LogP contribution is -2.48. The Morgan fingerprint density at radius 2 is 1.74 bits per heavy atom. The maximum Gasteiger partial charge on any atom is 0.277 e. The van der Waals surface area contributed by atoms with Crippen molar-refractivity contribution in [1.29, 1.82) is 0 Å². The number of aromatic nitrogens is 2. The van der Waals surface area contributed by atoms with E-state index in [1.54, 1.807) is 13.2 Å². The molecule has 0 spiro atoms. The number of rotatable bonds is 8. The molecule has 1 aromatic heterocycles. The van der Waals surface area contributed by atoms with Gasteiger partial charge in [-0.05, 0) is 61.0 Å². The monoisotopic (exact) mass is 543 g/mol. The van der Waals surface area contributed by atoms with Crippen molar-refractivity contribution in [2.24, 2.45) is 0 Å². The molecule has 0 bridgehead atoms. The summed E-state index contributed by atoms with van der Waals surface area (Å²) in [5.74, 6) is 1.12. The van der Waals surface area contributed by atoms with Crippen molar-refractivity contribution < 1.29 is 18.7 Å². The molecule has 2 amide bonds. The Morgan fingerprint density at radius 3 is 2.49 bits per heavy atom. The van der Waals surface area contributed by atoms with Gasteiger partial charge in [0, 0.05) is 48.7 Å². The van der Waals surface area contributed by atoms with E-state index in [0.29, 0.717) is 41.2 Å². The van der Waals surface area contributed by atoms with Crippen LogP contribution < -0.4 is 15.0 Å². The maximum atomic E-state index is 12.9. The number of carbonyl (C=O) groups excluding carboxylic acids is 2. The van der Waals surface area contributed by atoms with Crippen molar-refractivity contribution in [2.45, 2.75) is 12.1 Å². The van der Waals surface area contributed by atoms with E-state index in [2.05, 4.69) is 20.4 Å². The minimum atomic E-state index is -0.159. The minimum absolute atomic E-state index is 0.0106. The van der Waals surface area contributed by atoms with Gasteiger partial charge in [0.15, 0.2) is 0 Å². The first kappa shape index (κ1) is 26.3. The maximum absolute atomic E-state index is 12.9. The number of anilines is 2. The Bertz CT molecular complexity index is 1450. The lowest BCUT2D eigenvalue weighted by Gasteiger charge is -2.36. The van der Waals surface area contributed by atoms with Gasteiger partial charge < -0.3 is 24.3 Å². The Kier molecular flexibility index (Phi) is 8.12. The van der Waals surface area contributed by atoms with Gasteiger partial charge in [-0.3, -0.25) is 9.59 Å². The largest absolute Gasteiger partial charge is 0.497 e. The zero-order chi connectivity index (χ0) is 27.2. The summed E-state index contributed by atoms with van der Waals surface area (Å²) in [4.78, 5) is 29.5. The van der Waals surface area contributed by atoms with E-state index >= 15 is 0 Å². The second-order valence-electron chi connectivity index (χ2n) is 9.08. The number of nitrogens with zero attached hydrogens (tertiary/aromatic N) is 4. The number of hydrogen-bond donors (Lipinski definition) is 1. The van der Waals surface area contributed by atoms with Crippen LogP contribution in [0.4, 0.5) is 11.4 Å². The van der Waals surface area contributed by atoms with Crippen molar-refractivity contribution >= 4 is 35.0 Å². The summed E-state index contributed by atoms with van der Waals surface area (Å²) in [6.45, 7) is 4.70. The Labute approximate surface area is 231 Å².